The number of thiol groups is 1. The summed E-state index contributed by atoms with van der Waals surface area (Å²) in [7, 11) is 0. The number of ether oxygens (including phenoxy) is 1. The highest BCUT2D eigenvalue weighted by Crippen LogP contribution is 1.77. The van der Waals surface area contributed by atoms with E-state index in [1.807, 2.05) is 0 Å². The summed E-state index contributed by atoms with van der Waals surface area (Å²) in [6.07, 6.45) is 1.03. The molecule has 1 amide bonds. The molecule has 0 unspecified atom stereocenters. The first kappa shape index (κ1) is 8.36. The predicted molar refractivity (Wildman–Crippen MR) is 38.5 cm³/mol. The largest absolute Gasteiger partial charge is 0.445 e. The molecule has 0 saturated carbocycles. The average Bonchev–Trinajstić information content (AvgIpc) is 1.85. The highest BCUT2D eigenvalue weighted by atomic mass is 32.1. The van der Waals surface area contributed by atoms with Crippen LogP contribution in [0.5, 0.6) is 0 Å². The van der Waals surface area contributed by atoms with E-state index in [2.05, 4.69) is 29.3 Å². The molecular formula is C5H9NO2S. The van der Waals surface area contributed by atoms with Gasteiger partial charge in [0.15, 0.2) is 0 Å². The number of rotatable bonds is 3. The van der Waals surface area contributed by atoms with Gasteiger partial charge in [0.05, 0.1) is 5.88 Å². The molecule has 0 fully saturated rings. The van der Waals surface area contributed by atoms with Crippen LogP contribution in [0.4, 0.5) is 4.79 Å². The number of nitrogens with one attached hydrogen (secondary N) is 1. The van der Waals surface area contributed by atoms with Crippen LogP contribution in [-0.4, -0.2) is 18.6 Å². The lowest BCUT2D eigenvalue weighted by molar-refractivity contribution is 0.160. The Balaban J connectivity index is 3.16. The molecule has 0 heterocycles. The molecule has 0 aromatic carbocycles. The zero-order valence-electron chi connectivity index (χ0n) is 4.96. The van der Waals surface area contributed by atoms with Crippen molar-refractivity contribution in [3.8, 4) is 0 Å². The van der Waals surface area contributed by atoms with Crippen LogP contribution in [0.2, 0.25) is 0 Å². The Morgan fingerprint density at radius 1 is 1.89 bits per heavy atom. The first-order valence-corrected chi connectivity index (χ1v) is 3.07. The van der Waals surface area contributed by atoms with Crippen molar-refractivity contribution in [1.82, 2.24) is 5.32 Å². The number of hydrogen-bond acceptors (Lipinski definition) is 3. The SMILES string of the molecule is C=CCOC(=O)NCS. The minimum atomic E-state index is -0.468. The maximum Gasteiger partial charge on any atom is 0.408 e. The molecule has 3 nitrogen and oxygen atoms in total. The third-order valence-electron chi connectivity index (χ3n) is 0.556. The van der Waals surface area contributed by atoms with Gasteiger partial charge in [-0.05, 0) is 0 Å². The molecule has 0 saturated heterocycles. The maximum atomic E-state index is 10.4. The first-order valence-electron chi connectivity index (χ1n) is 2.43. The van der Waals surface area contributed by atoms with Crippen LogP contribution in [0.1, 0.15) is 0 Å². The molecule has 0 atom stereocenters. The van der Waals surface area contributed by atoms with Crippen molar-refractivity contribution in [1.29, 1.82) is 0 Å². The van der Waals surface area contributed by atoms with Gasteiger partial charge in [-0.1, -0.05) is 12.7 Å². The van der Waals surface area contributed by atoms with Gasteiger partial charge in [0.25, 0.3) is 0 Å². The Labute approximate surface area is 59.5 Å². The van der Waals surface area contributed by atoms with Gasteiger partial charge in [-0.2, -0.15) is 12.6 Å². The quantitative estimate of drug-likeness (QED) is 0.352. The molecule has 0 aliphatic heterocycles. The van der Waals surface area contributed by atoms with E-state index in [-0.39, 0.29) is 12.5 Å². The molecule has 0 spiro atoms. The monoisotopic (exact) mass is 147 g/mol. The lowest BCUT2D eigenvalue weighted by Crippen LogP contribution is -2.22. The van der Waals surface area contributed by atoms with Crippen molar-refractivity contribution in [2.75, 3.05) is 12.5 Å². The molecule has 4 heteroatoms. The van der Waals surface area contributed by atoms with Crippen LogP contribution in [0, 0.1) is 0 Å². The Hall–Kier alpha value is -0.640. The summed E-state index contributed by atoms with van der Waals surface area (Å²) >= 11 is 3.74. The topological polar surface area (TPSA) is 38.3 Å². The summed E-state index contributed by atoms with van der Waals surface area (Å²) in [4.78, 5) is 10.4. The second kappa shape index (κ2) is 5.50. The summed E-state index contributed by atoms with van der Waals surface area (Å²) < 4.78 is 4.51. The van der Waals surface area contributed by atoms with E-state index in [0.29, 0.717) is 0 Å². The number of amides is 1. The van der Waals surface area contributed by atoms with Gasteiger partial charge < -0.3 is 10.1 Å². The number of alkyl carbamates (subject to hydrolysis) is 1. The summed E-state index contributed by atoms with van der Waals surface area (Å²) in [5.74, 6) is 0.288. The molecule has 9 heavy (non-hydrogen) atoms. The summed E-state index contributed by atoms with van der Waals surface area (Å²) in [5, 5.41) is 2.34. The van der Waals surface area contributed by atoms with Crippen LogP contribution in [0.15, 0.2) is 12.7 Å². The summed E-state index contributed by atoms with van der Waals surface area (Å²) in [6, 6.07) is 0. The van der Waals surface area contributed by atoms with Crippen LogP contribution < -0.4 is 5.32 Å². The third-order valence-corrected chi connectivity index (χ3v) is 0.714. The van der Waals surface area contributed by atoms with Gasteiger partial charge in [0, 0.05) is 0 Å². The Morgan fingerprint density at radius 3 is 3.00 bits per heavy atom. The van der Waals surface area contributed by atoms with Crippen LogP contribution in [0.25, 0.3) is 0 Å². The second-order valence-corrected chi connectivity index (χ2v) is 1.54. The molecule has 0 aromatic rings. The van der Waals surface area contributed by atoms with E-state index in [9.17, 15) is 4.79 Å². The van der Waals surface area contributed by atoms with Gasteiger partial charge >= 0.3 is 6.09 Å². The molecule has 0 aliphatic rings. The van der Waals surface area contributed by atoms with Crippen molar-refractivity contribution in [3.63, 3.8) is 0 Å². The van der Waals surface area contributed by atoms with Gasteiger partial charge in [0.2, 0.25) is 0 Å². The highest BCUT2D eigenvalue weighted by molar-refractivity contribution is 7.80. The van der Waals surface area contributed by atoms with Crippen LogP contribution >= 0.6 is 12.6 Å². The molecule has 0 radical (unpaired) electrons. The zero-order chi connectivity index (χ0) is 7.11. The molecule has 0 aliphatic carbocycles. The zero-order valence-corrected chi connectivity index (χ0v) is 5.86. The Bertz CT molecular complexity index is 105. The highest BCUT2D eigenvalue weighted by Gasteiger charge is 1.94. The molecule has 0 rings (SSSR count). The van der Waals surface area contributed by atoms with E-state index in [1.54, 1.807) is 0 Å². The predicted octanol–water partition coefficient (Wildman–Crippen LogP) is 0.786. The van der Waals surface area contributed by atoms with E-state index in [1.165, 1.54) is 6.08 Å². The minimum absolute atomic E-state index is 0.236. The average molecular weight is 147 g/mol. The summed E-state index contributed by atoms with van der Waals surface area (Å²) in [5.41, 5.74) is 0. The van der Waals surface area contributed by atoms with Gasteiger partial charge in [-0.3, -0.25) is 0 Å². The fourth-order valence-electron chi connectivity index (χ4n) is 0.250. The maximum absolute atomic E-state index is 10.4. The summed E-state index contributed by atoms with van der Waals surface area (Å²) in [6.45, 7) is 3.60. The van der Waals surface area contributed by atoms with Gasteiger partial charge in [-0.15, -0.1) is 0 Å². The van der Waals surface area contributed by atoms with E-state index in [4.69, 9.17) is 0 Å². The van der Waals surface area contributed by atoms with Gasteiger partial charge in [-0.25, -0.2) is 4.79 Å². The standard InChI is InChI=1S/C5H9NO2S/c1-2-3-8-5(7)6-4-9/h2,9H,1,3-4H2,(H,6,7). The van der Waals surface area contributed by atoms with Crippen molar-refractivity contribution in [3.05, 3.63) is 12.7 Å². The van der Waals surface area contributed by atoms with Crippen molar-refractivity contribution in [2.24, 2.45) is 0 Å². The minimum Gasteiger partial charge on any atom is -0.445 e. The van der Waals surface area contributed by atoms with Crippen LogP contribution in [-0.2, 0) is 4.74 Å². The third kappa shape index (κ3) is 5.23. The van der Waals surface area contributed by atoms with E-state index in [0.717, 1.165) is 0 Å². The fraction of sp³-hybridized carbons (Fsp3) is 0.400. The smallest absolute Gasteiger partial charge is 0.408 e. The molecule has 52 valence electrons. The Kier molecular flexibility index (Phi) is 5.11. The lowest BCUT2D eigenvalue weighted by atomic mass is 10.7. The van der Waals surface area contributed by atoms with Crippen molar-refractivity contribution in [2.45, 2.75) is 0 Å². The molecule has 1 N–H and O–H groups in total. The van der Waals surface area contributed by atoms with Crippen LogP contribution in [0.3, 0.4) is 0 Å². The van der Waals surface area contributed by atoms with E-state index < -0.39 is 6.09 Å². The Morgan fingerprint density at radius 2 is 2.56 bits per heavy atom. The van der Waals surface area contributed by atoms with Gasteiger partial charge in [0.1, 0.15) is 6.61 Å². The molecular weight excluding hydrogens is 138 g/mol. The molecule has 0 aromatic heterocycles. The number of hydrogen-bond donors (Lipinski definition) is 2. The first-order chi connectivity index (χ1) is 4.31. The van der Waals surface area contributed by atoms with E-state index >= 15 is 0 Å². The normalized spacial score (nSPS) is 8.11. The number of carbonyl (C=O) groups excluding carboxylic acids is 1. The lowest BCUT2D eigenvalue weighted by Gasteiger charge is -1.99. The molecule has 0 bridgehead atoms. The fourth-order valence-corrected chi connectivity index (χ4v) is 0.379. The second-order valence-electron chi connectivity index (χ2n) is 1.22. The van der Waals surface area contributed by atoms with Crippen molar-refractivity contribution >= 4 is 18.7 Å². The number of carbonyl (C=O) groups is 1. The van der Waals surface area contributed by atoms with Crippen molar-refractivity contribution < 1.29 is 9.53 Å².